The standard InChI is InChI=1S/C43H60F2N8O8/c1-27(55)51-35(12-8-9-18-48-37(56)16-15-34(47)42(60)61)41(59)50-20-19-49-40(58)33(46)17-21-53(38(57)26-54)39(43(2,3)4)36-22-29(31-23-30(44)13-14-32(31)45)25-52(36)24-28-10-6-5-7-11-28/h5-7,10-11,13-14,22-23,25,33-35,39,54H,8-9,12,15-21,24,26,46-47H2,1-4H3,(H,48,56)(H,49,58)(H,50,59)(H,51,55)(H,60,61)/t33-,34-,35-,39-/m0/s1. The number of halogens is 2. The first-order chi connectivity index (χ1) is 28.8. The van der Waals surface area contributed by atoms with E-state index in [9.17, 15) is 38.3 Å². The number of hydrogen-bond donors (Lipinski definition) is 8. The molecule has 5 amide bonds. The fraction of sp³-hybridized carbons (Fsp3) is 0.488. The van der Waals surface area contributed by atoms with Crippen molar-refractivity contribution < 1.29 is 47.8 Å². The molecule has 334 valence electrons. The van der Waals surface area contributed by atoms with Crippen LogP contribution < -0.4 is 32.7 Å². The van der Waals surface area contributed by atoms with Crippen molar-refractivity contribution in [2.45, 2.75) is 96.9 Å². The number of nitrogens with two attached hydrogens (primary N) is 2. The van der Waals surface area contributed by atoms with Crippen LogP contribution in [0.1, 0.15) is 83.5 Å². The zero-order valence-electron chi connectivity index (χ0n) is 35.2. The highest BCUT2D eigenvalue weighted by Gasteiger charge is 2.37. The number of nitrogens with one attached hydrogen (secondary N) is 4. The monoisotopic (exact) mass is 854 g/mol. The summed E-state index contributed by atoms with van der Waals surface area (Å²) < 4.78 is 31.3. The number of nitrogens with zero attached hydrogens (tertiary/aromatic N) is 2. The molecule has 0 aliphatic heterocycles. The van der Waals surface area contributed by atoms with E-state index in [2.05, 4.69) is 21.3 Å². The summed E-state index contributed by atoms with van der Waals surface area (Å²) in [4.78, 5) is 75.5. The van der Waals surface area contributed by atoms with Crippen LogP contribution in [0.5, 0.6) is 0 Å². The van der Waals surface area contributed by atoms with Gasteiger partial charge in [0, 0.05) is 69.1 Å². The topological polar surface area (TPSA) is 251 Å². The maximum atomic E-state index is 15.1. The van der Waals surface area contributed by atoms with E-state index in [0.29, 0.717) is 30.6 Å². The zero-order chi connectivity index (χ0) is 45.3. The first-order valence-corrected chi connectivity index (χ1v) is 20.2. The largest absolute Gasteiger partial charge is 0.480 e. The molecule has 61 heavy (non-hydrogen) atoms. The summed E-state index contributed by atoms with van der Waals surface area (Å²) in [7, 11) is 0. The van der Waals surface area contributed by atoms with E-state index in [1.807, 2.05) is 55.7 Å². The van der Waals surface area contributed by atoms with Crippen LogP contribution in [-0.2, 0) is 35.3 Å². The van der Waals surface area contributed by atoms with Gasteiger partial charge in [-0.2, -0.15) is 0 Å². The molecule has 0 saturated heterocycles. The van der Waals surface area contributed by atoms with Crippen molar-refractivity contribution in [3.8, 4) is 11.1 Å². The van der Waals surface area contributed by atoms with Gasteiger partial charge in [0.1, 0.15) is 30.3 Å². The summed E-state index contributed by atoms with van der Waals surface area (Å²) in [5, 5.41) is 29.6. The fourth-order valence-corrected chi connectivity index (χ4v) is 6.85. The van der Waals surface area contributed by atoms with Gasteiger partial charge in [-0.1, -0.05) is 51.1 Å². The lowest BCUT2D eigenvalue weighted by molar-refractivity contribution is -0.140. The number of benzene rings is 2. The minimum absolute atomic E-state index is 0.00104. The predicted molar refractivity (Wildman–Crippen MR) is 224 cm³/mol. The van der Waals surface area contributed by atoms with Gasteiger partial charge in [0.15, 0.2) is 0 Å². The molecule has 2 aromatic carbocycles. The van der Waals surface area contributed by atoms with Gasteiger partial charge < -0.3 is 52.4 Å². The highest BCUT2D eigenvalue weighted by molar-refractivity contribution is 5.87. The number of aliphatic hydroxyl groups excluding tert-OH is 1. The molecular formula is C43H60F2N8O8. The molecule has 3 aromatic rings. The summed E-state index contributed by atoms with van der Waals surface area (Å²) in [5.74, 6) is -4.86. The lowest BCUT2D eigenvalue weighted by Gasteiger charge is -2.41. The van der Waals surface area contributed by atoms with Gasteiger partial charge in [-0.25, -0.2) is 8.78 Å². The number of aliphatic carboxylic acids is 1. The molecular weight excluding hydrogens is 795 g/mol. The molecule has 0 aliphatic rings. The third-order valence-electron chi connectivity index (χ3n) is 9.91. The smallest absolute Gasteiger partial charge is 0.320 e. The van der Waals surface area contributed by atoms with Gasteiger partial charge in [-0.05, 0) is 67.3 Å². The SMILES string of the molecule is CC(=O)N[C@@H](CCCCNC(=O)CC[C@H](N)C(=O)O)C(=O)NCCNC(=O)[C@@H](N)CCN(C(=O)CO)[C@@H](c1cc(-c2cc(F)ccc2F)cn1Cc1ccccc1)C(C)(C)C. The molecule has 0 spiro atoms. The van der Waals surface area contributed by atoms with Gasteiger partial charge in [-0.15, -0.1) is 0 Å². The number of amides is 5. The molecule has 3 rings (SSSR count). The normalized spacial score (nSPS) is 13.3. The second-order valence-electron chi connectivity index (χ2n) is 16.0. The molecule has 0 unspecified atom stereocenters. The number of aromatic nitrogens is 1. The minimum atomic E-state index is -1.19. The Labute approximate surface area is 354 Å². The number of carboxylic acid groups (broad SMARTS) is 1. The van der Waals surface area contributed by atoms with Gasteiger partial charge in [0.05, 0.1) is 12.1 Å². The zero-order valence-corrected chi connectivity index (χ0v) is 35.2. The molecule has 16 nitrogen and oxygen atoms in total. The Morgan fingerprint density at radius 2 is 1.51 bits per heavy atom. The maximum Gasteiger partial charge on any atom is 0.320 e. The van der Waals surface area contributed by atoms with Crippen molar-refractivity contribution >= 4 is 35.5 Å². The lowest BCUT2D eigenvalue weighted by Crippen LogP contribution is -2.49. The van der Waals surface area contributed by atoms with Crippen LogP contribution in [0.3, 0.4) is 0 Å². The van der Waals surface area contributed by atoms with Gasteiger partial charge in [0.25, 0.3) is 0 Å². The van der Waals surface area contributed by atoms with Crippen LogP contribution in [-0.4, -0.2) is 106 Å². The third-order valence-corrected chi connectivity index (χ3v) is 9.91. The summed E-state index contributed by atoms with van der Waals surface area (Å²) in [6.07, 6.45) is 2.87. The van der Waals surface area contributed by atoms with Crippen molar-refractivity contribution in [3.63, 3.8) is 0 Å². The van der Waals surface area contributed by atoms with Crippen molar-refractivity contribution in [1.82, 2.24) is 30.7 Å². The molecule has 4 atom stereocenters. The predicted octanol–water partition coefficient (Wildman–Crippen LogP) is 2.32. The molecule has 0 fully saturated rings. The van der Waals surface area contributed by atoms with E-state index in [4.69, 9.17) is 16.6 Å². The fourth-order valence-electron chi connectivity index (χ4n) is 6.85. The number of carboxylic acids is 1. The summed E-state index contributed by atoms with van der Waals surface area (Å²) in [6.45, 7) is 6.73. The van der Waals surface area contributed by atoms with Gasteiger partial charge in [0.2, 0.25) is 29.5 Å². The Morgan fingerprint density at radius 1 is 0.836 bits per heavy atom. The summed E-state index contributed by atoms with van der Waals surface area (Å²) >= 11 is 0. The van der Waals surface area contributed by atoms with Crippen LogP contribution in [0.25, 0.3) is 11.1 Å². The minimum Gasteiger partial charge on any atom is -0.480 e. The van der Waals surface area contributed by atoms with E-state index >= 15 is 4.39 Å². The first-order valence-electron chi connectivity index (χ1n) is 20.2. The number of rotatable bonds is 24. The highest BCUT2D eigenvalue weighted by atomic mass is 19.1. The third kappa shape index (κ3) is 16.0. The molecule has 0 bridgehead atoms. The van der Waals surface area contributed by atoms with E-state index < -0.39 is 77.4 Å². The average Bonchev–Trinajstić information content (AvgIpc) is 3.61. The van der Waals surface area contributed by atoms with Crippen LogP contribution >= 0.6 is 0 Å². The van der Waals surface area contributed by atoms with Crippen molar-refractivity contribution in [2.75, 3.05) is 32.8 Å². The molecule has 0 aliphatic carbocycles. The van der Waals surface area contributed by atoms with Crippen LogP contribution in [0, 0.1) is 17.0 Å². The quantitative estimate of drug-likeness (QED) is 0.0611. The van der Waals surface area contributed by atoms with Crippen molar-refractivity contribution in [3.05, 3.63) is 83.7 Å². The molecule has 10 N–H and O–H groups in total. The van der Waals surface area contributed by atoms with E-state index in [1.165, 1.54) is 11.8 Å². The van der Waals surface area contributed by atoms with Gasteiger partial charge in [-0.3, -0.25) is 28.8 Å². The lowest BCUT2D eigenvalue weighted by atomic mass is 9.82. The van der Waals surface area contributed by atoms with Crippen molar-refractivity contribution in [1.29, 1.82) is 0 Å². The first kappa shape index (κ1) is 49.6. The average molecular weight is 855 g/mol. The highest BCUT2D eigenvalue weighted by Crippen LogP contribution is 2.41. The van der Waals surface area contributed by atoms with Crippen molar-refractivity contribution in [2.24, 2.45) is 16.9 Å². The van der Waals surface area contributed by atoms with Crippen LogP contribution in [0.4, 0.5) is 8.78 Å². The van der Waals surface area contributed by atoms with Gasteiger partial charge >= 0.3 is 5.97 Å². The Balaban J connectivity index is 1.63. The molecule has 1 aromatic heterocycles. The van der Waals surface area contributed by atoms with Crippen LogP contribution in [0.15, 0.2) is 60.8 Å². The number of aliphatic hydroxyl groups is 1. The molecule has 0 radical (unpaired) electrons. The van der Waals surface area contributed by atoms with E-state index in [0.717, 1.165) is 23.8 Å². The number of unbranched alkanes of at least 4 members (excludes halogenated alkanes) is 1. The number of carbonyl (C=O) groups is 6. The Kier molecular flexibility index (Phi) is 19.5. The maximum absolute atomic E-state index is 15.1. The number of carbonyl (C=O) groups excluding carboxylic acids is 5. The molecule has 18 heteroatoms. The Morgan fingerprint density at radius 3 is 2.13 bits per heavy atom. The summed E-state index contributed by atoms with van der Waals surface area (Å²) in [5.41, 5.74) is 13.0. The molecule has 1 heterocycles. The van der Waals surface area contributed by atoms with Crippen LogP contribution in [0.2, 0.25) is 0 Å². The van der Waals surface area contributed by atoms with E-state index in [-0.39, 0.29) is 63.3 Å². The van der Waals surface area contributed by atoms with E-state index in [1.54, 1.807) is 12.3 Å². The summed E-state index contributed by atoms with van der Waals surface area (Å²) in [6, 6.07) is 10.5. The Hall–Kier alpha value is -5.72. The second kappa shape index (κ2) is 23.9. The molecule has 0 saturated carbocycles. The Bertz CT molecular complexity index is 1960. The second-order valence-corrected chi connectivity index (χ2v) is 16.0. The number of hydrogen-bond acceptors (Lipinski definition) is 9.